The molecule has 0 saturated carbocycles. The SMILES string of the molecule is CCc1noc(CC)c1CC(=O)N1CCNCC1c1nccn1C.Cl. The standard InChI is InChI=1S/C17H25N5O2.ClH/c1-4-13-12(15(5-2)24-20-13)10-16(23)22-9-6-18-11-14(22)17-19-7-8-21(17)3;/h7-8,14,18H,4-6,9-11H2,1-3H3;1H. The van der Waals surface area contributed by atoms with Crippen molar-refractivity contribution in [2.45, 2.75) is 39.2 Å². The maximum atomic E-state index is 13.0. The highest BCUT2D eigenvalue weighted by atomic mass is 35.5. The summed E-state index contributed by atoms with van der Waals surface area (Å²) in [5.41, 5.74) is 1.85. The number of aromatic nitrogens is 3. The predicted octanol–water partition coefficient (Wildman–Crippen LogP) is 1.67. The Morgan fingerprint density at radius 3 is 2.84 bits per heavy atom. The molecule has 3 rings (SSSR count). The number of hydrogen-bond acceptors (Lipinski definition) is 5. The normalized spacial score (nSPS) is 17.4. The van der Waals surface area contributed by atoms with Crippen LogP contribution >= 0.6 is 12.4 Å². The first kappa shape index (κ1) is 19.5. The molecule has 0 radical (unpaired) electrons. The lowest BCUT2D eigenvalue weighted by molar-refractivity contribution is -0.134. The zero-order chi connectivity index (χ0) is 17.1. The van der Waals surface area contributed by atoms with Crippen molar-refractivity contribution in [1.29, 1.82) is 0 Å². The van der Waals surface area contributed by atoms with Crippen LogP contribution in [0.25, 0.3) is 0 Å². The first-order valence-electron chi connectivity index (χ1n) is 8.59. The van der Waals surface area contributed by atoms with Gasteiger partial charge in [-0.05, 0) is 6.42 Å². The summed E-state index contributed by atoms with van der Waals surface area (Å²) in [6.45, 7) is 6.27. The Morgan fingerprint density at radius 2 is 2.20 bits per heavy atom. The molecule has 2 aromatic heterocycles. The van der Waals surface area contributed by atoms with Gasteiger partial charge in [-0.2, -0.15) is 0 Å². The van der Waals surface area contributed by atoms with Crippen molar-refractivity contribution in [1.82, 2.24) is 24.9 Å². The number of imidazole rings is 1. The van der Waals surface area contributed by atoms with Gasteiger partial charge in [-0.15, -0.1) is 12.4 Å². The molecule has 138 valence electrons. The van der Waals surface area contributed by atoms with Crippen molar-refractivity contribution in [3.8, 4) is 0 Å². The molecule has 1 amide bonds. The van der Waals surface area contributed by atoms with Crippen LogP contribution in [0.2, 0.25) is 0 Å². The second-order valence-corrected chi connectivity index (χ2v) is 6.12. The topological polar surface area (TPSA) is 76.2 Å². The number of hydrogen-bond donors (Lipinski definition) is 1. The smallest absolute Gasteiger partial charge is 0.227 e. The highest BCUT2D eigenvalue weighted by molar-refractivity contribution is 5.85. The number of carbonyl (C=O) groups is 1. The molecule has 7 nitrogen and oxygen atoms in total. The van der Waals surface area contributed by atoms with Crippen molar-refractivity contribution < 1.29 is 9.32 Å². The van der Waals surface area contributed by atoms with E-state index in [0.717, 1.165) is 48.8 Å². The van der Waals surface area contributed by atoms with Crippen LogP contribution in [0.15, 0.2) is 16.9 Å². The van der Waals surface area contributed by atoms with Crippen LogP contribution in [0, 0.1) is 0 Å². The van der Waals surface area contributed by atoms with Crippen LogP contribution in [-0.2, 0) is 31.1 Å². The first-order chi connectivity index (χ1) is 11.7. The third kappa shape index (κ3) is 3.88. The fourth-order valence-corrected chi connectivity index (χ4v) is 3.32. The number of nitrogens with one attached hydrogen (secondary N) is 1. The molecular formula is C17H26ClN5O2. The Hall–Kier alpha value is -1.86. The van der Waals surface area contributed by atoms with Gasteiger partial charge in [-0.25, -0.2) is 4.98 Å². The highest BCUT2D eigenvalue weighted by Crippen LogP contribution is 2.23. The van der Waals surface area contributed by atoms with Crippen LogP contribution in [0.1, 0.15) is 42.7 Å². The number of halogens is 1. The van der Waals surface area contributed by atoms with Gasteiger partial charge in [0.2, 0.25) is 5.91 Å². The Bertz CT molecular complexity index is 690. The third-order valence-corrected chi connectivity index (χ3v) is 4.66. The fourth-order valence-electron chi connectivity index (χ4n) is 3.32. The van der Waals surface area contributed by atoms with E-state index in [4.69, 9.17) is 4.52 Å². The van der Waals surface area contributed by atoms with Gasteiger partial charge in [-0.1, -0.05) is 19.0 Å². The number of amides is 1. The molecule has 1 unspecified atom stereocenters. The Balaban J connectivity index is 0.00000225. The molecule has 1 fully saturated rings. The Kier molecular flexibility index (Phi) is 6.61. The van der Waals surface area contributed by atoms with Gasteiger partial charge in [0.05, 0.1) is 12.1 Å². The number of rotatable bonds is 5. The molecule has 1 atom stereocenters. The minimum atomic E-state index is -0.0405. The maximum absolute atomic E-state index is 13.0. The molecule has 1 aliphatic rings. The van der Waals surface area contributed by atoms with Crippen LogP contribution in [0.4, 0.5) is 0 Å². The summed E-state index contributed by atoms with van der Waals surface area (Å²) >= 11 is 0. The fraction of sp³-hybridized carbons (Fsp3) is 0.588. The molecule has 0 aliphatic carbocycles. The van der Waals surface area contributed by atoms with E-state index in [1.54, 1.807) is 6.20 Å². The third-order valence-electron chi connectivity index (χ3n) is 4.66. The lowest BCUT2D eigenvalue weighted by atomic mass is 10.0. The van der Waals surface area contributed by atoms with E-state index in [1.807, 2.05) is 36.6 Å². The van der Waals surface area contributed by atoms with Crippen molar-refractivity contribution in [3.63, 3.8) is 0 Å². The van der Waals surface area contributed by atoms with Gasteiger partial charge < -0.3 is 19.3 Å². The summed E-state index contributed by atoms with van der Waals surface area (Å²) < 4.78 is 7.37. The van der Waals surface area contributed by atoms with Crippen LogP contribution < -0.4 is 5.32 Å². The summed E-state index contributed by atoms with van der Waals surface area (Å²) in [5, 5.41) is 7.47. The first-order valence-corrected chi connectivity index (χ1v) is 8.59. The Labute approximate surface area is 154 Å². The second kappa shape index (κ2) is 8.49. The van der Waals surface area contributed by atoms with Gasteiger partial charge in [-0.3, -0.25) is 4.79 Å². The van der Waals surface area contributed by atoms with Crippen molar-refractivity contribution >= 4 is 18.3 Å². The van der Waals surface area contributed by atoms with E-state index in [1.165, 1.54) is 0 Å². The largest absolute Gasteiger partial charge is 0.361 e. The van der Waals surface area contributed by atoms with Gasteiger partial charge in [0.15, 0.2) is 0 Å². The van der Waals surface area contributed by atoms with E-state index < -0.39 is 0 Å². The molecule has 3 heterocycles. The van der Waals surface area contributed by atoms with Crippen molar-refractivity contribution in [3.05, 3.63) is 35.2 Å². The number of carbonyl (C=O) groups excluding carboxylic acids is 1. The molecule has 2 aromatic rings. The molecule has 1 N–H and O–H groups in total. The molecule has 0 aromatic carbocycles. The zero-order valence-corrected chi connectivity index (χ0v) is 15.8. The lowest BCUT2D eigenvalue weighted by Crippen LogP contribution is -2.50. The second-order valence-electron chi connectivity index (χ2n) is 6.12. The molecular weight excluding hydrogens is 342 g/mol. The van der Waals surface area contributed by atoms with Crippen LogP contribution in [-0.4, -0.2) is 45.1 Å². The minimum absolute atomic E-state index is 0. The van der Waals surface area contributed by atoms with Gasteiger partial charge >= 0.3 is 0 Å². The minimum Gasteiger partial charge on any atom is -0.361 e. The number of piperazine rings is 1. The molecule has 25 heavy (non-hydrogen) atoms. The van der Waals surface area contributed by atoms with Crippen LogP contribution in [0.5, 0.6) is 0 Å². The number of aryl methyl sites for hydroxylation is 3. The predicted molar refractivity (Wildman–Crippen MR) is 96.7 cm³/mol. The van der Waals surface area contributed by atoms with Crippen LogP contribution in [0.3, 0.4) is 0 Å². The average molecular weight is 368 g/mol. The quantitative estimate of drug-likeness (QED) is 0.869. The molecule has 0 spiro atoms. The monoisotopic (exact) mass is 367 g/mol. The van der Waals surface area contributed by atoms with E-state index in [-0.39, 0.29) is 24.4 Å². The Morgan fingerprint density at radius 1 is 1.40 bits per heavy atom. The zero-order valence-electron chi connectivity index (χ0n) is 15.0. The molecule has 1 aliphatic heterocycles. The van der Waals surface area contributed by atoms with E-state index in [2.05, 4.69) is 15.5 Å². The summed E-state index contributed by atoms with van der Waals surface area (Å²) in [4.78, 5) is 19.4. The van der Waals surface area contributed by atoms with Crippen molar-refractivity contribution in [2.24, 2.45) is 7.05 Å². The van der Waals surface area contributed by atoms with E-state index >= 15 is 0 Å². The lowest BCUT2D eigenvalue weighted by Gasteiger charge is -2.35. The maximum Gasteiger partial charge on any atom is 0.227 e. The summed E-state index contributed by atoms with van der Waals surface area (Å²) in [7, 11) is 1.96. The summed E-state index contributed by atoms with van der Waals surface area (Å²) in [6, 6.07) is -0.0405. The van der Waals surface area contributed by atoms with Gasteiger partial charge in [0.1, 0.15) is 17.6 Å². The molecule has 8 heteroatoms. The molecule has 0 bridgehead atoms. The van der Waals surface area contributed by atoms with Crippen molar-refractivity contribution in [2.75, 3.05) is 19.6 Å². The van der Waals surface area contributed by atoms with Gasteiger partial charge in [0, 0.05) is 51.1 Å². The molecule has 1 saturated heterocycles. The van der Waals surface area contributed by atoms with Gasteiger partial charge in [0.25, 0.3) is 0 Å². The highest BCUT2D eigenvalue weighted by Gasteiger charge is 2.31. The van der Waals surface area contributed by atoms with E-state index in [9.17, 15) is 4.79 Å². The van der Waals surface area contributed by atoms with E-state index in [0.29, 0.717) is 13.0 Å². The average Bonchev–Trinajstić information content (AvgIpc) is 3.20. The summed E-state index contributed by atoms with van der Waals surface area (Å²) in [5.74, 6) is 1.84. The number of nitrogens with zero attached hydrogens (tertiary/aromatic N) is 4. The summed E-state index contributed by atoms with van der Waals surface area (Å²) in [6.07, 6.45) is 5.56.